The molecule has 0 aliphatic rings. The smallest absolute Gasteiger partial charge is 0.275 e. The number of hydrogen-bond donors (Lipinski definition) is 1. The zero-order valence-corrected chi connectivity index (χ0v) is 11.3. The van der Waals surface area contributed by atoms with Crippen molar-refractivity contribution in [1.82, 2.24) is 0 Å². The van der Waals surface area contributed by atoms with Crippen LogP contribution in [0.25, 0.3) is 0 Å². The third kappa shape index (κ3) is 3.61. The summed E-state index contributed by atoms with van der Waals surface area (Å²) >= 11 is 0. The maximum absolute atomic E-state index is 10.8. The molecule has 100 valence electrons. The van der Waals surface area contributed by atoms with Crippen LogP contribution in [0.4, 0.5) is 11.4 Å². The molecule has 0 spiro atoms. The van der Waals surface area contributed by atoms with E-state index in [0.717, 1.165) is 6.42 Å². The van der Waals surface area contributed by atoms with Crippen LogP contribution in [0.3, 0.4) is 0 Å². The van der Waals surface area contributed by atoms with Gasteiger partial charge < -0.3 is 10.1 Å². The normalized spacial score (nSPS) is 13.8. The molecule has 1 aromatic carbocycles. The van der Waals surface area contributed by atoms with Crippen LogP contribution < -0.4 is 10.1 Å². The van der Waals surface area contributed by atoms with E-state index in [9.17, 15) is 10.1 Å². The Bertz CT molecular complexity index is 421. The molecule has 1 N–H and O–H groups in total. The lowest BCUT2D eigenvalue weighted by Crippen LogP contribution is -2.23. The molecule has 0 aliphatic carbocycles. The average molecular weight is 252 g/mol. The van der Waals surface area contributed by atoms with Crippen molar-refractivity contribution in [2.45, 2.75) is 33.2 Å². The second-order valence-corrected chi connectivity index (χ2v) is 4.50. The Morgan fingerprint density at radius 1 is 1.39 bits per heavy atom. The summed E-state index contributed by atoms with van der Waals surface area (Å²) in [6, 6.07) is 4.97. The van der Waals surface area contributed by atoms with Crippen LogP contribution in [0, 0.1) is 16.0 Å². The summed E-state index contributed by atoms with van der Waals surface area (Å²) in [4.78, 5) is 10.4. The largest absolute Gasteiger partial charge is 0.496 e. The molecule has 1 rings (SSSR count). The van der Waals surface area contributed by atoms with Crippen LogP contribution in [0.2, 0.25) is 0 Å². The number of anilines is 1. The first-order chi connectivity index (χ1) is 8.47. The van der Waals surface area contributed by atoms with Gasteiger partial charge in [0.15, 0.2) is 0 Å². The van der Waals surface area contributed by atoms with E-state index in [0.29, 0.717) is 17.4 Å². The van der Waals surface area contributed by atoms with Gasteiger partial charge in [0.05, 0.1) is 18.1 Å². The van der Waals surface area contributed by atoms with Crippen LogP contribution in [0.15, 0.2) is 18.2 Å². The zero-order chi connectivity index (χ0) is 13.7. The van der Waals surface area contributed by atoms with E-state index in [1.54, 1.807) is 6.07 Å². The molecule has 5 nitrogen and oxygen atoms in total. The van der Waals surface area contributed by atoms with Gasteiger partial charge in [0.1, 0.15) is 5.75 Å². The number of non-ortho nitro benzene ring substituents is 1. The molecule has 0 heterocycles. The van der Waals surface area contributed by atoms with Gasteiger partial charge >= 0.3 is 0 Å². The highest BCUT2D eigenvalue weighted by Crippen LogP contribution is 2.27. The number of nitrogens with zero attached hydrogens (tertiary/aromatic N) is 1. The van der Waals surface area contributed by atoms with Crippen LogP contribution in [0.1, 0.15) is 27.2 Å². The predicted molar refractivity (Wildman–Crippen MR) is 72.2 cm³/mol. The second-order valence-electron chi connectivity index (χ2n) is 4.50. The highest BCUT2D eigenvalue weighted by molar-refractivity contribution is 5.56. The predicted octanol–water partition coefficient (Wildman–Crippen LogP) is 3.45. The minimum absolute atomic E-state index is 0.0354. The number of nitro benzene ring substituents is 1. The van der Waals surface area contributed by atoms with E-state index in [4.69, 9.17) is 4.74 Å². The molecule has 0 radical (unpaired) electrons. The molecule has 18 heavy (non-hydrogen) atoms. The van der Waals surface area contributed by atoms with Gasteiger partial charge in [-0.2, -0.15) is 0 Å². The third-order valence-electron chi connectivity index (χ3n) is 3.23. The Morgan fingerprint density at radius 2 is 2.06 bits per heavy atom. The molecular weight excluding hydrogens is 232 g/mol. The van der Waals surface area contributed by atoms with Gasteiger partial charge in [-0.3, -0.25) is 10.1 Å². The van der Waals surface area contributed by atoms with Crippen molar-refractivity contribution in [2.24, 2.45) is 5.92 Å². The lowest BCUT2D eigenvalue weighted by atomic mass is 10.0. The van der Waals surface area contributed by atoms with Gasteiger partial charge in [0, 0.05) is 23.9 Å². The molecule has 0 aromatic heterocycles. The first-order valence-corrected chi connectivity index (χ1v) is 6.08. The summed E-state index contributed by atoms with van der Waals surface area (Å²) in [6.45, 7) is 6.34. The first kappa shape index (κ1) is 14.3. The van der Waals surface area contributed by atoms with Crippen LogP contribution in [-0.2, 0) is 0 Å². The molecule has 0 amide bonds. The van der Waals surface area contributed by atoms with E-state index in [2.05, 4.69) is 26.1 Å². The highest BCUT2D eigenvalue weighted by Gasteiger charge is 2.14. The molecule has 0 aliphatic heterocycles. The number of nitrogens with one attached hydrogen (secondary N) is 1. The Hall–Kier alpha value is -1.78. The summed E-state index contributed by atoms with van der Waals surface area (Å²) in [6.07, 6.45) is 1.06. The number of hydrogen-bond acceptors (Lipinski definition) is 4. The fourth-order valence-electron chi connectivity index (χ4n) is 1.65. The second kappa shape index (κ2) is 6.23. The Morgan fingerprint density at radius 3 is 2.56 bits per heavy atom. The maximum atomic E-state index is 10.8. The van der Waals surface area contributed by atoms with E-state index < -0.39 is 4.92 Å². The third-order valence-corrected chi connectivity index (χ3v) is 3.23. The molecule has 2 unspecified atom stereocenters. The average Bonchev–Trinajstić information content (AvgIpc) is 2.36. The van der Waals surface area contributed by atoms with Crippen molar-refractivity contribution in [3.05, 3.63) is 28.3 Å². The summed E-state index contributed by atoms with van der Waals surface area (Å²) < 4.78 is 5.07. The van der Waals surface area contributed by atoms with Crippen LogP contribution in [-0.4, -0.2) is 18.1 Å². The van der Waals surface area contributed by atoms with Crippen LogP contribution >= 0.6 is 0 Å². The van der Waals surface area contributed by atoms with Crippen molar-refractivity contribution in [3.8, 4) is 5.75 Å². The molecule has 5 heteroatoms. The van der Waals surface area contributed by atoms with Gasteiger partial charge in [0.2, 0.25) is 0 Å². The highest BCUT2D eigenvalue weighted by atomic mass is 16.6. The standard InChI is InChI=1S/C13H20N2O3/c1-5-9(2)10(3)14-11-6-12(15(16)17)8-13(7-11)18-4/h6-10,14H,5H2,1-4H3. The monoisotopic (exact) mass is 252 g/mol. The van der Waals surface area contributed by atoms with Crippen molar-refractivity contribution in [2.75, 3.05) is 12.4 Å². The van der Waals surface area contributed by atoms with Crippen molar-refractivity contribution < 1.29 is 9.66 Å². The molecular formula is C13H20N2O3. The lowest BCUT2D eigenvalue weighted by molar-refractivity contribution is -0.384. The topological polar surface area (TPSA) is 64.4 Å². The fraction of sp³-hybridized carbons (Fsp3) is 0.538. The Labute approximate surface area is 107 Å². The maximum Gasteiger partial charge on any atom is 0.275 e. The summed E-state index contributed by atoms with van der Waals surface area (Å²) in [5.41, 5.74) is 0.752. The van der Waals surface area contributed by atoms with E-state index in [1.165, 1.54) is 19.2 Å². The first-order valence-electron chi connectivity index (χ1n) is 6.08. The molecule has 0 saturated heterocycles. The fourth-order valence-corrected chi connectivity index (χ4v) is 1.65. The Balaban J connectivity index is 2.94. The number of rotatable bonds is 6. The van der Waals surface area contributed by atoms with Gasteiger partial charge in [0.25, 0.3) is 5.69 Å². The quantitative estimate of drug-likeness (QED) is 0.622. The van der Waals surface area contributed by atoms with E-state index in [-0.39, 0.29) is 11.7 Å². The number of ether oxygens (including phenoxy) is 1. The molecule has 1 aromatic rings. The van der Waals surface area contributed by atoms with Gasteiger partial charge in [-0.05, 0) is 12.8 Å². The molecule has 0 fully saturated rings. The van der Waals surface area contributed by atoms with Gasteiger partial charge in [-0.25, -0.2) is 0 Å². The minimum atomic E-state index is -0.415. The van der Waals surface area contributed by atoms with Crippen molar-refractivity contribution in [3.63, 3.8) is 0 Å². The molecule has 0 saturated carbocycles. The lowest BCUT2D eigenvalue weighted by Gasteiger charge is -2.21. The number of methoxy groups -OCH3 is 1. The zero-order valence-electron chi connectivity index (χ0n) is 11.3. The van der Waals surface area contributed by atoms with Crippen molar-refractivity contribution >= 4 is 11.4 Å². The summed E-state index contributed by atoms with van der Waals surface area (Å²) in [7, 11) is 1.50. The molecule has 2 atom stereocenters. The Kier molecular flexibility index (Phi) is 4.95. The summed E-state index contributed by atoms with van der Waals surface area (Å²) in [5.74, 6) is 0.985. The van der Waals surface area contributed by atoms with Gasteiger partial charge in [-0.15, -0.1) is 0 Å². The van der Waals surface area contributed by atoms with Crippen LogP contribution in [0.5, 0.6) is 5.75 Å². The van der Waals surface area contributed by atoms with Gasteiger partial charge in [-0.1, -0.05) is 20.3 Å². The van der Waals surface area contributed by atoms with E-state index >= 15 is 0 Å². The molecule has 0 bridgehead atoms. The van der Waals surface area contributed by atoms with Crippen molar-refractivity contribution in [1.29, 1.82) is 0 Å². The number of benzene rings is 1. The minimum Gasteiger partial charge on any atom is -0.496 e. The number of nitro groups is 1. The SMILES string of the molecule is CCC(C)C(C)Nc1cc(OC)cc([N+](=O)[O-])c1. The van der Waals surface area contributed by atoms with E-state index in [1.807, 2.05) is 0 Å². The summed E-state index contributed by atoms with van der Waals surface area (Å²) in [5, 5.41) is 14.1.